The van der Waals surface area contributed by atoms with Gasteiger partial charge in [-0.05, 0) is 62.9 Å². The fraction of sp³-hybridized carbons (Fsp3) is 0.417. The Bertz CT molecular complexity index is 810. The van der Waals surface area contributed by atoms with Crippen LogP contribution in [0.2, 0.25) is 0 Å². The maximum Gasteiger partial charge on any atom is 0.261 e. The van der Waals surface area contributed by atoms with E-state index in [0.29, 0.717) is 18.8 Å². The van der Waals surface area contributed by atoms with Gasteiger partial charge in [-0.1, -0.05) is 42.8 Å². The maximum absolute atomic E-state index is 13.0. The highest BCUT2D eigenvalue weighted by molar-refractivity contribution is 5.87. The van der Waals surface area contributed by atoms with Gasteiger partial charge in [0.25, 0.3) is 5.91 Å². The quantitative estimate of drug-likeness (QED) is 0.699. The van der Waals surface area contributed by atoms with Gasteiger partial charge in [0.1, 0.15) is 11.8 Å². The summed E-state index contributed by atoms with van der Waals surface area (Å²) in [5.74, 6) is 0.289. The van der Waals surface area contributed by atoms with Crippen LogP contribution in [0.1, 0.15) is 42.5 Å². The van der Waals surface area contributed by atoms with Gasteiger partial charge >= 0.3 is 0 Å². The molecule has 2 rings (SSSR count). The molecular weight excluding hydrogens is 364 g/mol. The lowest BCUT2D eigenvalue weighted by Gasteiger charge is -2.28. The molecule has 0 saturated heterocycles. The summed E-state index contributed by atoms with van der Waals surface area (Å²) in [5, 5.41) is 2.88. The fourth-order valence-electron chi connectivity index (χ4n) is 3.11. The molecule has 29 heavy (non-hydrogen) atoms. The number of hydrogen-bond acceptors (Lipinski definition) is 3. The van der Waals surface area contributed by atoms with Crippen molar-refractivity contribution < 1.29 is 14.3 Å². The number of carbonyl (C=O) groups is 2. The molecule has 0 heterocycles. The van der Waals surface area contributed by atoms with Gasteiger partial charge in [-0.15, -0.1) is 0 Å². The van der Waals surface area contributed by atoms with Gasteiger partial charge in [0.05, 0.1) is 0 Å². The Labute approximate surface area is 174 Å². The van der Waals surface area contributed by atoms with Gasteiger partial charge in [-0.3, -0.25) is 9.59 Å². The van der Waals surface area contributed by atoms with Crippen molar-refractivity contribution in [2.45, 2.75) is 53.6 Å². The zero-order chi connectivity index (χ0) is 21.4. The van der Waals surface area contributed by atoms with Gasteiger partial charge < -0.3 is 15.0 Å². The number of rotatable bonds is 9. The van der Waals surface area contributed by atoms with Crippen molar-refractivity contribution in [2.75, 3.05) is 13.2 Å². The Kier molecular flexibility index (Phi) is 8.25. The SMILES string of the molecule is CCCNC(=O)[C@@H](C)N(Cc1ccc(C)cc1)C(=O)COc1cc(C)cc(C)c1. The lowest BCUT2D eigenvalue weighted by atomic mass is 10.1. The Morgan fingerprint density at radius 3 is 2.21 bits per heavy atom. The summed E-state index contributed by atoms with van der Waals surface area (Å²) in [6.45, 7) is 10.6. The number of benzene rings is 2. The Hall–Kier alpha value is -2.82. The standard InChI is InChI=1S/C24H32N2O3/c1-6-11-25-24(28)20(5)26(15-21-9-7-17(2)8-10-21)23(27)16-29-22-13-18(3)12-19(4)14-22/h7-10,12-14,20H,6,11,15-16H2,1-5H3,(H,25,28)/t20-/m1/s1. The number of carbonyl (C=O) groups excluding carboxylic acids is 2. The minimum Gasteiger partial charge on any atom is -0.484 e. The summed E-state index contributed by atoms with van der Waals surface area (Å²) in [5.41, 5.74) is 4.29. The lowest BCUT2D eigenvalue weighted by Crippen LogP contribution is -2.49. The number of hydrogen-bond donors (Lipinski definition) is 1. The fourth-order valence-corrected chi connectivity index (χ4v) is 3.11. The van der Waals surface area contributed by atoms with Crippen LogP contribution in [-0.2, 0) is 16.1 Å². The van der Waals surface area contributed by atoms with Crippen molar-refractivity contribution in [3.05, 3.63) is 64.7 Å². The van der Waals surface area contributed by atoms with Crippen molar-refractivity contribution >= 4 is 11.8 Å². The zero-order valence-corrected chi connectivity index (χ0v) is 18.1. The number of ether oxygens (including phenoxy) is 1. The Morgan fingerprint density at radius 1 is 1.00 bits per heavy atom. The van der Waals surface area contributed by atoms with Crippen molar-refractivity contribution in [1.29, 1.82) is 0 Å². The van der Waals surface area contributed by atoms with E-state index >= 15 is 0 Å². The van der Waals surface area contributed by atoms with E-state index < -0.39 is 6.04 Å². The first-order valence-electron chi connectivity index (χ1n) is 10.1. The molecule has 0 unspecified atom stereocenters. The summed E-state index contributed by atoms with van der Waals surface area (Å²) >= 11 is 0. The van der Waals surface area contributed by atoms with Gasteiger partial charge in [-0.2, -0.15) is 0 Å². The average molecular weight is 397 g/mol. The van der Waals surface area contributed by atoms with Crippen LogP contribution >= 0.6 is 0 Å². The van der Waals surface area contributed by atoms with E-state index in [4.69, 9.17) is 4.74 Å². The van der Waals surface area contributed by atoms with Crippen LogP contribution in [0.25, 0.3) is 0 Å². The highest BCUT2D eigenvalue weighted by Gasteiger charge is 2.26. The normalized spacial score (nSPS) is 11.6. The molecule has 0 spiro atoms. The summed E-state index contributed by atoms with van der Waals surface area (Å²) in [4.78, 5) is 27.1. The molecule has 0 saturated carbocycles. The minimum absolute atomic E-state index is 0.111. The molecule has 0 aliphatic rings. The van der Waals surface area contributed by atoms with Crippen LogP contribution in [0.3, 0.4) is 0 Å². The van der Waals surface area contributed by atoms with Crippen LogP contribution in [-0.4, -0.2) is 35.9 Å². The molecule has 0 aromatic heterocycles. The summed E-state index contributed by atoms with van der Waals surface area (Å²) in [6.07, 6.45) is 0.847. The van der Waals surface area contributed by atoms with Crippen molar-refractivity contribution in [2.24, 2.45) is 0 Å². The molecule has 5 nitrogen and oxygen atoms in total. The van der Waals surface area contributed by atoms with E-state index in [9.17, 15) is 9.59 Å². The molecule has 0 radical (unpaired) electrons. The summed E-state index contributed by atoms with van der Waals surface area (Å²) in [6, 6.07) is 13.3. The van der Waals surface area contributed by atoms with Gasteiger partial charge in [0.15, 0.2) is 6.61 Å². The van der Waals surface area contributed by atoms with Crippen LogP contribution in [0.4, 0.5) is 0 Å². The number of nitrogens with one attached hydrogen (secondary N) is 1. The largest absolute Gasteiger partial charge is 0.484 e. The third-order valence-corrected chi connectivity index (χ3v) is 4.75. The predicted octanol–water partition coefficient (Wildman–Crippen LogP) is 3.93. The molecule has 156 valence electrons. The van der Waals surface area contributed by atoms with Crippen LogP contribution in [0.5, 0.6) is 5.75 Å². The van der Waals surface area contributed by atoms with E-state index in [2.05, 4.69) is 11.4 Å². The first kappa shape index (κ1) is 22.5. The van der Waals surface area contributed by atoms with Crippen LogP contribution < -0.4 is 10.1 Å². The first-order valence-corrected chi connectivity index (χ1v) is 10.1. The molecule has 2 aromatic rings. The molecule has 0 fully saturated rings. The summed E-state index contributed by atoms with van der Waals surface area (Å²) < 4.78 is 5.76. The molecule has 2 amide bonds. The predicted molar refractivity (Wildman–Crippen MR) is 116 cm³/mol. The maximum atomic E-state index is 13.0. The molecule has 0 bridgehead atoms. The van der Waals surface area contributed by atoms with Crippen LogP contribution in [0, 0.1) is 20.8 Å². The number of nitrogens with zero attached hydrogens (tertiary/aromatic N) is 1. The summed E-state index contributed by atoms with van der Waals surface area (Å²) in [7, 11) is 0. The average Bonchev–Trinajstić information content (AvgIpc) is 2.68. The van der Waals surface area contributed by atoms with E-state index in [1.165, 1.54) is 0 Å². The molecule has 2 aromatic carbocycles. The monoisotopic (exact) mass is 396 g/mol. The zero-order valence-electron chi connectivity index (χ0n) is 18.1. The van der Waals surface area contributed by atoms with Gasteiger partial charge in [0, 0.05) is 13.1 Å². The molecular formula is C24H32N2O3. The van der Waals surface area contributed by atoms with Crippen molar-refractivity contribution in [3.8, 4) is 5.75 Å². The van der Waals surface area contributed by atoms with Crippen molar-refractivity contribution in [1.82, 2.24) is 10.2 Å². The topological polar surface area (TPSA) is 58.6 Å². The third-order valence-electron chi connectivity index (χ3n) is 4.75. The van der Waals surface area contributed by atoms with E-state index in [-0.39, 0.29) is 18.4 Å². The molecule has 0 aliphatic carbocycles. The van der Waals surface area contributed by atoms with Gasteiger partial charge in [0.2, 0.25) is 5.91 Å². The Balaban J connectivity index is 2.14. The molecule has 0 aliphatic heterocycles. The minimum atomic E-state index is -0.585. The van der Waals surface area contributed by atoms with Gasteiger partial charge in [-0.25, -0.2) is 0 Å². The second kappa shape index (κ2) is 10.6. The highest BCUT2D eigenvalue weighted by Crippen LogP contribution is 2.17. The number of aryl methyl sites for hydroxylation is 3. The molecule has 5 heteroatoms. The molecule has 1 atom stereocenters. The second-order valence-electron chi connectivity index (χ2n) is 7.59. The lowest BCUT2D eigenvalue weighted by molar-refractivity contribution is -0.142. The highest BCUT2D eigenvalue weighted by atomic mass is 16.5. The van der Waals surface area contributed by atoms with E-state index in [1.54, 1.807) is 11.8 Å². The van der Waals surface area contributed by atoms with E-state index in [0.717, 1.165) is 28.7 Å². The third kappa shape index (κ3) is 6.93. The number of amides is 2. The smallest absolute Gasteiger partial charge is 0.261 e. The van der Waals surface area contributed by atoms with E-state index in [1.807, 2.05) is 64.1 Å². The molecule has 1 N–H and O–H groups in total. The van der Waals surface area contributed by atoms with Crippen LogP contribution in [0.15, 0.2) is 42.5 Å². The first-order chi connectivity index (χ1) is 13.8. The second-order valence-corrected chi connectivity index (χ2v) is 7.59. The Morgan fingerprint density at radius 2 is 1.62 bits per heavy atom. The van der Waals surface area contributed by atoms with Crippen molar-refractivity contribution in [3.63, 3.8) is 0 Å².